The molecule has 116 valence electrons. The Kier molecular flexibility index (Phi) is 4.98. The Hall–Kier alpha value is -1.85. The molecule has 2 rings (SSSR count). The van der Waals surface area contributed by atoms with E-state index in [9.17, 15) is 9.59 Å². The van der Waals surface area contributed by atoms with Crippen molar-refractivity contribution in [3.63, 3.8) is 0 Å². The molecule has 1 amide bonds. The molecule has 21 heavy (non-hydrogen) atoms. The Morgan fingerprint density at radius 3 is 2.52 bits per heavy atom. The smallest absolute Gasteiger partial charge is 0.306 e. The van der Waals surface area contributed by atoms with Crippen molar-refractivity contribution in [3.05, 3.63) is 17.5 Å². The third-order valence-corrected chi connectivity index (χ3v) is 4.23. The zero-order valence-electron chi connectivity index (χ0n) is 12.6. The molecule has 1 fully saturated rings. The number of nitrogens with one attached hydrogen (secondary N) is 1. The van der Waals surface area contributed by atoms with Gasteiger partial charge < -0.3 is 10.4 Å². The lowest BCUT2D eigenvalue weighted by Crippen LogP contribution is -2.34. The summed E-state index contributed by atoms with van der Waals surface area (Å²) < 4.78 is 1.76. The maximum atomic E-state index is 12.2. The average molecular weight is 293 g/mol. The highest BCUT2D eigenvalue weighted by Crippen LogP contribution is 2.29. The molecule has 0 unspecified atom stereocenters. The van der Waals surface area contributed by atoms with Gasteiger partial charge in [-0.2, -0.15) is 5.10 Å². The van der Waals surface area contributed by atoms with Crippen LogP contribution in [0.4, 0.5) is 0 Å². The zero-order valence-corrected chi connectivity index (χ0v) is 12.6. The van der Waals surface area contributed by atoms with E-state index in [1.807, 2.05) is 20.2 Å². The highest BCUT2D eigenvalue weighted by atomic mass is 16.4. The van der Waals surface area contributed by atoms with Crippen molar-refractivity contribution >= 4 is 11.9 Å². The lowest BCUT2D eigenvalue weighted by Gasteiger charge is -2.25. The van der Waals surface area contributed by atoms with Crippen LogP contribution in [0.3, 0.4) is 0 Å². The molecule has 0 bridgehead atoms. The van der Waals surface area contributed by atoms with E-state index in [0.29, 0.717) is 32.2 Å². The molecule has 1 heterocycles. The summed E-state index contributed by atoms with van der Waals surface area (Å²) in [5.41, 5.74) is 2.06. The third-order valence-electron chi connectivity index (χ3n) is 4.23. The molecule has 0 atom stereocenters. The number of rotatable bonds is 5. The van der Waals surface area contributed by atoms with Gasteiger partial charge in [0.05, 0.1) is 11.6 Å². The SMILES string of the molecule is CCc1nn(C)cc1CNC(=O)C1CCC(C(=O)O)CC1. The van der Waals surface area contributed by atoms with Gasteiger partial charge >= 0.3 is 5.97 Å². The van der Waals surface area contributed by atoms with E-state index < -0.39 is 5.97 Å². The Labute approximate surface area is 124 Å². The van der Waals surface area contributed by atoms with Gasteiger partial charge in [0, 0.05) is 31.3 Å². The van der Waals surface area contributed by atoms with Gasteiger partial charge in [-0.1, -0.05) is 6.92 Å². The maximum absolute atomic E-state index is 12.2. The van der Waals surface area contributed by atoms with Crippen LogP contribution in [0.1, 0.15) is 43.9 Å². The topological polar surface area (TPSA) is 84.2 Å². The monoisotopic (exact) mass is 293 g/mol. The Bertz CT molecular complexity index is 516. The molecule has 0 radical (unpaired) electrons. The van der Waals surface area contributed by atoms with Crippen LogP contribution in [0.2, 0.25) is 0 Å². The van der Waals surface area contributed by atoms with Gasteiger partial charge in [0.1, 0.15) is 0 Å². The van der Waals surface area contributed by atoms with Crippen LogP contribution in [0.5, 0.6) is 0 Å². The minimum Gasteiger partial charge on any atom is -0.481 e. The van der Waals surface area contributed by atoms with Crippen molar-refractivity contribution in [2.45, 2.75) is 45.6 Å². The molecule has 1 aliphatic rings. The standard InChI is InChI=1S/C15H23N3O3/c1-3-13-12(9-18(2)17-13)8-16-14(19)10-4-6-11(7-5-10)15(20)21/h9-11H,3-8H2,1-2H3,(H,16,19)(H,20,21). The molecule has 0 aliphatic heterocycles. The molecule has 1 saturated carbocycles. The molecule has 6 nitrogen and oxygen atoms in total. The number of aliphatic carboxylic acids is 1. The number of carboxylic acid groups (broad SMARTS) is 1. The van der Waals surface area contributed by atoms with Crippen molar-refractivity contribution in [1.82, 2.24) is 15.1 Å². The second kappa shape index (κ2) is 6.74. The first-order chi connectivity index (χ1) is 10.0. The minimum absolute atomic E-state index is 0.0322. The summed E-state index contributed by atoms with van der Waals surface area (Å²) in [5, 5.41) is 16.3. The van der Waals surface area contributed by atoms with Gasteiger partial charge in [-0.25, -0.2) is 0 Å². The molecule has 1 aromatic rings. The molecule has 0 saturated heterocycles. The average Bonchev–Trinajstić information content (AvgIpc) is 2.85. The lowest BCUT2D eigenvalue weighted by atomic mass is 9.81. The molecule has 1 aromatic heterocycles. The first kappa shape index (κ1) is 15.5. The summed E-state index contributed by atoms with van der Waals surface area (Å²) in [6.07, 6.45) is 5.30. The largest absolute Gasteiger partial charge is 0.481 e. The van der Waals surface area contributed by atoms with E-state index >= 15 is 0 Å². The van der Waals surface area contributed by atoms with Crippen LogP contribution < -0.4 is 5.32 Å². The summed E-state index contributed by atoms with van der Waals surface area (Å²) in [5.74, 6) is -1.04. The Morgan fingerprint density at radius 1 is 1.33 bits per heavy atom. The summed E-state index contributed by atoms with van der Waals surface area (Å²) in [6.45, 7) is 2.54. The Morgan fingerprint density at radius 2 is 1.95 bits per heavy atom. The quantitative estimate of drug-likeness (QED) is 0.861. The fourth-order valence-corrected chi connectivity index (χ4v) is 2.96. The van der Waals surface area contributed by atoms with Gasteiger partial charge in [-0.3, -0.25) is 14.3 Å². The summed E-state index contributed by atoms with van der Waals surface area (Å²) in [4.78, 5) is 23.1. The van der Waals surface area contributed by atoms with Gasteiger partial charge in [0.2, 0.25) is 5.91 Å². The van der Waals surface area contributed by atoms with E-state index in [2.05, 4.69) is 10.4 Å². The van der Waals surface area contributed by atoms with Crippen LogP contribution in [0, 0.1) is 11.8 Å². The summed E-state index contributed by atoms with van der Waals surface area (Å²) in [7, 11) is 1.87. The number of carboxylic acids is 1. The number of hydrogen-bond donors (Lipinski definition) is 2. The summed E-state index contributed by atoms with van der Waals surface area (Å²) >= 11 is 0. The normalized spacial score (nSPS) is 22.0. The molecular weight excluding hydrogens is 270 g/mol. The second-order valence-corrected chi connectivity index (χ2v) is 5.73. The first-order valence-corrected chi connectivity index (χ1v) is 7.53. The number of carbonyl (C=O) groups is 2. The van der Waals surface area contributed by atoms with Crippen molar-refractivity contribution in [3.8, 4) is 0 Å². The van der Waals surface area contributed by atoms with Crippen LogP contribution >= 0.6 is 0 Å². The van der Waals surface area contributed by atoms with Gasteiger partial charge in [-0.15, -0.1) is 0 Å². The van der Waals surface area contributed by atoms with Gasteiger partial charge in [0.25, 0.3) is 0 Å². The molecule has 0 aromatic carbocycles. The highest BCUT2D eigenvalue weighted by Gasteiger charge is 2.29. The molecule has 0 spiro atoms. The van der Waals surface area contributed by atoms with Crippen molar-refractivity contribution in [2.75, 3.05) is 0 Å². The number of amides is 1. The van der Waals surface area contributed by atoms with Crippen LogP contribution in [-0.4, -0.2) is 26.8 Å². The molecule has 6 heteroatoms. The fraction of sp³-hybridized carbons (Fsp3) is 0.667. The number of nitrogens with zero attached hydrogens (tertiary/aromatic N) is 2. The van der Waals surface area contributed by atoms with E-state index in [1.54, 1.807) is 4.68 Å². The lowest BCUT2D eigenvalue weighted by molar-refractivity contribution is -0.144. The number of aryl methyl sites for hydroxylation is 2. The molecular formula is C15H23N3O3. The highest BCUT2D eigenvalue weighted by molar-refractivity contribution is 5.79. The number of aromatic nitrogens is 2. The zero-order chi connectivity index (χ0) is 15.4. The van der Waals surface area contributed by atoms with Crippen LogP contribution in [-0.2, 0) is 29.6 Å². The minimum atomic E-state index is -0.739. The first-order valence-electron chi connectivity index (χ1n) is 7.53. The summed E-state index contributed by atoms with van der Waals surface area (Å²) in [6, 6.07) is 0. The van der Waals surface area contributed by atoms with E-state index in [4.69, 9.17) is 5.11 Å². The van der Waals surface area contributed by atoms with Crippen molar-refractivity contribution < 1.29 is 14.7 Å². The van der Waals surface area contributed by atoms with Crippen LogP contribution in [0.25, 0.3) is 0 Å². The molecule has 1 aliphatic carbocycles. The molecule has 2 N–H and O–H groups in total. The van der Waals surface area contributed by atoms with Gasteiger partial charge in [0.15, 0.2) is 0 Å². The predicted octanol–water partition coefficient (Wildman–Crippen LogP) is 1.49. The number of carbonyl (C=O) groups excluding carboxylic acids is 1. The number of hydrogen-bond acceptors (Lipinski definition) is 3. The Balaban J connectivity index is 1.84. The predicted molar refractivity (Wildman–Crippen MR) is 77.5 cm³/mol. The van der Waals surface area contributed by atoms with Crippen LogP contribution in [0.15, 0.2) is 6.20 Å². The van der Waals surface area contributed by atoms with Crippen molar-refractivity contribution in [2.24, 2.45) is 18.9 Å². The second-order valence-electron chi connectivity index (χ2n) is 5.73. The van der Waals surface area contributed by atoms with E-state index in [-0.39, 0.29) is 17.7 Å². The fourth-order valence-electron chi connectivity index (χ4n) is 2.96. The third kappa shape index (κ3) is 3.83. The van der Waals surface area contributed by atoms with Gasteiger partial charge in [-0.05, 0) is 32.1 Å². The maximum Gasteiger partial charge on any atom is 0.306 e. The van der Waals surface area contributed by atoms with E-state index in [0.717, 1.165) is 17.7 Å². The van der Waals surface area contributed by atoms with E-state index in [1.165, 1.54) is 0 Å². The van der Waals surface area contributed by atoms with Crippen molar-refractivity contribution in [1.29, 1.82) is 0 Å².